The van der Waals surface area contributed by atoms with Crippen molar-refractivity contribution < 1.29 is 14.4 Å². The maximum atomic E-state index is 12.7. The fourth-order valence-electron chi connectivity index (χ4n) is 3.64. The monoisotopic (exact) mass is 328 g/mol. The molecule has 5 nitrogen and oxygen atoms in total. The molecule has 0 saturated carbocycles. The molecule has 2 aliphatic heterocycles. The minimum atomic E-state index is -0.114. The molecule has 3 amide bonds. The zero-order valence-electron chi connectivity index (χ0n) is 14.3. The highest BCUT2D eigenvalue weighted by Crippen LogP contribution is 2.26. The summed E-state index contributed by atoms with van der Waals surface area (Å²) in [4.78, 5) is 39.4. The number of rotatable bonds is 4. The first-order chi connectivity index (χ1) is 11.5. The van der Waals surface area contributed by atoms with Crippen LogP contribution in [0, 0.1) is 5.92 Å². The largest absolute Gasteiger partial charge is 0.335 e. The Hall–Kier alpha value is -2.17. The van der Waals surface area contributed by atoms with Gasteiger partial charge in [-0.1, -0.05) is 26.0 Å². The van der Waals surface area contributed by atoms with Crippen molar-refractivity contribution in [2.75, 3.05) is 6.54 Å². The lowest BCUT2D eigenvalue weighted by Gasteiger charge is -2.27. The molecular weight excluding hydrogens is 304 g/mol. The predicted octanol–water partition coefficient (Wildman–Crippen LogP) is 2.60. The highest BCUT2D eigenvalue weighted by atomic mass is 16.2. The van der Waals surface area contributed by atoms with Crippen molar-refractivity contribution in [2.24, 2.45) is 5.92 Å². The van der Waals surface area contributed by atoms with Crippen molar-refractivity contribution in [2.45, 2.75) is 52.1 Å². The van der Waals surface area contributed by atoms with Crippen LogP contribution in [0.15, 0.2) is 24.3 Å². The Labute approximate surface area is 142 Å². The van der Waals surface area contributed by atoms with Gasteiger partial charge in [0.1, 0.15) is 0 Å². The van der Waals surface area contributed by atoms with Gasteiger partial charge in [0, 0.05) is 31.0 Å². The molecule has 0 bridgehead atoms. The van der Waals surface area contributed by atoms with Crippen molar-refractivity contribution >= 4 is 17.7 Å². The summed E-state index contributed by atoms with van der Waals surface area (Å²) in [5.41, 5.74) is 1.54. The summed E-state index contributed by atoms with van der Waals surface area (Å²) in [5.74, 6) is 0.308. The minimum Gasteiger partial charge on any atom is -0.335 e. The topological polar surface area (TPSA) is 57.7 Å². The van der Waals surface area contributed by atoms with Crippen molar-refractivity contribution in [1.82, 2.24) is 9.80 Å². The number of benzene rings is 1. The molecule has 0 aliphatic carbocycles. The van der Waals surface area contributed by atoms with Gasteiger partial charge < -0.3 is 4.90 Å². The number of carbonyl (C=O) groups excluding carboxylic acids is 3. The lowest BCUT2D eigenvalue weighted by Crippen LogP contribution is -2.38. The van der Waals surface area contributed by atoms with E-state index in [2.05, 4.69) is 13.8 Å². The van der Waals surface area contributed by atoms with Crippen molar-refractivity contribution in [3.8, 4) is 0 Å². The van der Waals surface area contributed by atoms with Gasteiger partial charge in [0.2, 0.25) is 11.8 Å². The Morgan fingerprint density at radius 3 is 2.33 bits per heavy atom. The van der Waals surface area contributed by atoms with Crippen LogP contribution in [0.4, 0.5) is 0 Å². The number of imide groups is 1. The van der Waals surface area contributed by atoms with Crippen LogP contribution < -0.4 is 0 Å². The summed E-state index contributed by atoms with van der Waals surface area (Å²) in [6.07, 6.45) is 2.74. The second kappa shape index (κ2) is 6.75. The Morgan fingerprint density at radius 2 is 1.75 bits per heavy atom. The summed E-state index contributed by atoms with van der Waals surface area (Å²) in [5, 5.41) is 0. The van der Waals surface area contributed by atoms with E-state index in [4.69, 9.17) is 0 Å². The van der Waals surface area contributed by atoms with Crippen LogP contribution in [-0.4, -0.2) is 40.1 Å². The number of amides is 3. The first kappa shape index (κ1) is 16.7. The van der Waals surface area contributed by atoms with Gasteiger partial charge in [-0.2, -0.15) is 0 Å². The second-order valence-electron chi connectivity index (χ2n) is 7.02. The molecule has 1 atom stereocenters. The van der Waals surface area contributed by atoms with E-state index < -0.39 is 0 Å². The van der Waals surface area contributed by atoms with E-state index in [0.29, 0.717) is 36.9 Å². The van der Waals surface area contributed by atoms with Crippen molar-refractivity contribution in [3.63, 3.8) is 0 Å². The molecule has 0 radical (unpaired) electrons. The molecule has 1 aromatic carbocycles. The van der Waals surface area contributed by atoms with E-state index in [1.165, 1.54) is 4.90 Å². The van der Waals surface area contributed by atoms with E-state index in [0.717, 1.165) is 24.9 Å². The zero-order valence-corrected chi connectivity index (χ0v) is 14.3. The van der Waals surface area contributed by atoms with Crippen LogP contribution in [0.5, 0.6) is 0 Å². The van der Waals surface area contributed by atoms with Gasteiger partial charge in [-0.25, -0.2) is 0 Å². The molecule has 2 fully saturated rings. The van der Waals surface area contributed by atoms with Gasteiger partial charge in [-0.05, 0) is 36.5 Å². The summed E-state index contributed by atoms with van der Waals surface area (Å²) < 4.78 is 0. The molecule has 1 aromatic rings. The third-order valence-electron chi connectivity index (χ3n) is 5.03. The van der Waals surface area contributed by atoms with Gasteiger partial charge >= 0.3 is 0 Å². The van der Waals surface area contributed by atoms with E-state index in [1.807, 2.05) is 17.0 Å². The van der Waals surface area contributed by atoms with Gasteiger partial charge in [0.15, 0.2) is 0 Å². The van der Waals surface area contributed by atoms with E-state index in [-0.39, 0.29) is 17.7 Å². The molecule has 2 saturated heterocycles. The molecule has 0 N–H and O–H groups in total. The maximum absolute atomic E-state index is 12.7. The molecule has 5 heteroatoms. The molecule has 0 aromatic heterocycles. The standard InChI is InChI=1S/C19H24N2O3/c1-13(2)16-4-3-11-20(16)19(24)15-7-5-14(6-8-15)12-21-17(22)9-10-18(21)23/h5-8,13,16H,3-4,9-12H2,1-2H3. The van der Waals surface area contributed by atoms with Gasteiger partial charge in [0.05, 0.1) is 6.54 Å². The Balaban J connectivity index is 1.69. The molecule has 3 rings (SSSR count). The fraction of sp³-hybridized carbons (Fsp3) is 0.526. The number of nitrogens with zero attached hydrogens (tertiary/aromatic N) is 2. The number of hydrogen-bond donors (Lipinski definition) is 0. The second-order valence-corrected chi connectivity index (χ2v) is 7.02. The summed E-state index contributed by atoms with van der Waals surface area (Å²) in [6.45, 7) is 5.43. The highest BCUT2D eigenvalue weighted by Gasteiger charge is 2.31. The predicted molar refractivity (Wildman–Crippen MR) is 90.1 cm³/mol. The maximum Gasteiger partial charge on any atom is 0.254 e. The van der Waals surface area contributed by atoms with Crippen molar-refractivity contribution in [3.05, 3.63) is 35.4 Å². The third-order valence-corrected chi connectivity index (χ3v) is 5.03. The van der Waals surface area contributed by atoms with Crippen molar-refractivity contribution in [1.29, 1.82) is 0 Å². The van der Waals surface area contributed by atoms with E-state index in [1.54, 1.807) is 12.1 Å². The third kappa shape index (κ3) is 3.21. The SMILES string of the molecule is CC(C)C1CCCN1C(=O)c1ccc(CN2C(=O)CCC2=O)cc1. The lowest BCUT2D eigenvalue weighted by molar-refractivity contribution is -0.139. The Kier molecular flexibility index (Phi) is 4.69. The molecule has 24 heavy (non-hydrogen) atoms. The van der Waals surface area contributed by atoms with E-state index >= 15 is 0 Å². The van der Waals surface area contributed by atoms with E-state index in [9.17, 15) is 14.4 Å². The molecule has 2 aliphatic rings. The minimum absolute atomic E-state index is 0.0751. The first-order valence-corrected chi connectivity index (χ1v) is 8.70. The fourth-order valence-corrected chi connectivity index (χ4v) is 3.64. The molecule has 1 unspecified atom stereocenters. The Bertz CT molecular complexity index is 635. The van der Waals surface area contributed by atoms with Gasteiger partial charge in [-0.15, -0.1) is 0 Å². The Morgan fingerprint density at radius 1 is 1.12 bits per heavy atom. The normalized spacial score (nSPS) is 21.2. The van der Waals surface area contributed by atoms with Crippen LogP contribution in [0.3, 0.4) is 0 Å². The lowest BCUT2D eigenvalue weighted by atomic mass is 10.0. The van der Waals surface area contributed by atoms with Gasteiger partial charge in [-0.3, -0.25) is 19.3 Å². The molecule has 0 spiro atoms. The molecule has 2 heterocycles. The van der Waals surface area contributed by atoms with Crippen LogP contribution in [0.25, 0.3) is 0 Å². The first-order valence-electron chi connectivity index (χ1n) is 8.70. The number of hydrogen-bond acceptors (Lipinski definition) is 3. The van der Waals surface area contributed by atoms with Crippen LogP contribution >= 0.6 is 0 Å². The van der Waals surface area contributed by atoms with Gasteiger partial charge in [0.25, 0.3) is 5.91 Å². The summed E-state index contributed by atoms with van der Waals surface area (Å²) >= 11 is 0. The number of likely N-dealkylation sites (tertiary alicyclic amines) is 2. The van der Waals surface area contributed by atoms with Crippen LogP contribution in [-0.2, 0) is 16.1 Å². The zero-order chi connectivity index (χ0) is 17.3. The smallest absolute Gasteiger partial charge is 0.254 e. The highest BCUT2D eigenvalue weighted by molar-refractivity contribution is 6.01. The molecular formula is C19H24N2O3. The van der Waals surface area contributed by atoms with Crippen LogP contribution in [0.2, 0.25) is 0 Å². The molecule has 128 valence electrons. The summed E-state index contributed by atoms with van der Waals surface area (Å²) in [7, 11) is 0. The van der Waals surface area contributed by atoms with Crippen LogP contribution in [0.1, 0.15) is 55.5 Å². The number of carbonyl (C=O) groups is 3. The average molecular weight is 328 g/mol. The summed E-state index contributed by atoms with van der Waals surface area (Å²) in [6, 6.07) is 7.60. The quantitative estimate of drug-likeness (QED) is 0.798. The average Bonchev–Trinajstić information content (AvgIpc) is 3.17.